The Hall–Kier alpha value is -2.86. The number of amides is 1. The molecule has 1 atom stereocenters. The standard InChI is InChI=1S/C21H23N3O2S/c1-12-9-10-13(2)15(11-12)19-18(14(3)22-21(27)24-19)20(25)23-16-7-5-6-8-17(16)26-4/h5-11,19H,1-4H3,(H,23,25)(H2,22,24,27)/t19-/m0/s1. The van der Waals surface area contributed by atoms with Crippen molar-refractivity contribution in [1.29, 1.82) is 0 Å². The smallest absolute Gasteiger partial charge is 0.255 e. The number of thiocarbonyl (C=S) groups is 1. The van der Waals surface area contributed by atoms with Crippen molar-refractivity contribution in [3.63, 3.8) is 0 Å². The van der Waals surface area contributed by atoms with Gasteiger partial charge in [0.25, 0.3) is 5.91 Å². The molecular formula is C21H23N3O2S. The van der Waals surface area contributed by atoms with Gasteiger partial charge in [0.05, 0.1) is 24.4 Å². The molecule has 0 saturated carbocycles. The average molecular weight is 382 g/mol. The monoisotopic (exact) mass is 381 g/mol. The molecule has 0 spiro atoms. The van der Waals surface area contributed by atoms with Crippen molar-refractivity contribution in [2.45, 2.75) is 26.8 Å². The van der Waals surface area contributed by atoms with E-state index in [1.165, 1.54) is 0 Å². The van der Waals surface area contributed by atoms with Gasteiger partial charge in [-0.1, -0.05) is 35.9 Å². The average Bonchev–Trinajstić information content (AvgIpc) is 2.63. The highest BCUT2D eigenvalue weighted by molar-refractivity contribution is 7.80. The van der Waals surface area contributed by atoms with E-state index in [0.29, 0.717) is 22.1 Å². The Morgan fingerprint density at radius 1 is 1.15 bits per heavy atom. The summed E-state index contributed by atoms with van der Waals surface area (Å²) in [6, 6.07) is 13.2. The lowest BCUT2D eigenvalue weighted by Crippen LogP contribution is -2.46. The van der Waals surface area contributed by atoms with Gasteiger partial charge in [0.1, 0.15) is 5.75 Å². The topological polar surface area (TPSA) is 62.4 Å². The number of hydrogen-bond acceptors (Lipinski definition) is 3. The van der Waals surface area contributed by atoms with E-state index in [-0.39, 0.29) is 11.9 Å². The third-order valence-corrected chi connectivity index (χ3v) is 4.83. The first-order valence-corrected chi connectivity index (χ1v) is 9.11. The van der Waals surface area contributed by atoms with Crippen molar-refractivity contribution in [3.8, 4) is 5.75 Å². The number of aryl methyl sites for hydroxylation is 2. The Bertz CT molecular complexity index is 937. The number of methoxy groups -OCH3 is 1. The van der Waals surface area contributed by atoms with Gasteiger partial charge in [0.2, 0.25) is 0 Å². The number of ether oxygens (including phenoxy) is 1. The SMILES string of the molecule is COc1ccccc1NC(=O)C1=C(C)NC(=S)N[C@H]1c1cc(C)ccc1C. The molecular weight excluding hydrogens is 358 g/mol. The third-order valence-electron chi connectivity index (χ3n) is 4.61. The number of para-hydroxylation sites is 2. The fourth-order valence-electron chi connectivity index (χ4n) is 3.24. The number of carbonyl (C=O) groups is 1. The molecule has 1 amide bonds. The summed E-state index contributed by atoms with van der Waals surface area (Å²) in [5.41, 5.74) is 5.21. The van der Waals surface area contributed by atoms with E-state index in [1.54, 1.807) is 7.11 Å². The maximum atomic E-state index is 13.2. The number of allylic oxidation sites excluding steroid dienone is 1. The quantitative estimate of drug-likeness (QED) is 0.704. The van der Waals surface area contributed by atoms with Crippen LogP contribution in [0, 0.1) is 13.8 Å². The number of carbonyl (C=O) groups excluding carboxylic acids is 1. The van der Waals surface area contributed by atoms with Crippen molar-refractivity contribution in [1.82, 2.24) is 10.6 Å². The first kappa shape index (κ1) is 18.9. The highest BCUT2D eigenvalue weighted by Crippen LogP contribution is 2.31. The molecule has 140 valence electrons. The van der Waals surface area contributed by atoms with Gasteiger partial charge in [-0.05, 0) is 56.2 Å². The predicted molar refractivity (Wildman–Crippen MR) is 112 cm³/mol. The summed E-state index contributed by atoms with van der Waals surface area (Å²) in [5.74, 6) is 0.407. The number of anilines is 1. The van der Waals surface area contributed by atoms with Crippen molar-refractivity contribution >= 4 is 28.9 Å². The molecule has 1 aliphatic rings. The van der Waals surface area contributed by atoms with Crippen LogP contribution in [0.5, 0.6) is 5.75 Å². The zero-order valence-electron chi connectivity index (χ0n) is 15.8. The molecule has 0 aliphatic carbocycles. The summed E-state index contributed by atoms with van der Waals surface area (Å²) >= 11 is 5.34. The van der Waals surface area contributed by atoms with Crippen LogP contribution >= 0.6 is 12.2 Å². The zero-order chi connectivity index (χ0) is 19.6. The summed E-state index contributed by atoms with van der Waals surface area (Å²) in [6.07, 6.45) is 0. The lowest BCUT2D eigenvalue weighted by atomic mass is 9.91. The van der Waals surface area contributed by atoms with Crippen LogP contribution in [0.15, 0.2) is 53.7 Å². The molecule has 3 rings (SSSR count). The molecule has 27 heavy (non-hydrogen) atoms. The molecule has 0 aromatic heterocycles. The van der Waals surface area contributed by atoms with Crippen LogP contribution in [-0.2, 0) is 4.79 Å². The maximum Gasteiger partial charge on any atom is 0.255 e. The molecule has 2 aromatic rings. The molecule has 0 fully saturated rings. The highest BCUT2D eigenvalue weighted by atomic mass is 32.1. The second-order valence-electron chi connectivity index (χ2n) is 6.58. The van der Waals surface area contributed by atoms with E-state index < -0.39 is 0 Å². The maximum absolute atomic E-state index is 13.2. The first-order valence-electron chi connectivity index (χ1n) is 8.70. The summed E-state index contributed by atoms with van der Waals surface area (Å²) in [6.45, 7) is 5.93. The fourth-order valence-corrected chi connectivity index (χ4v) is 3.51. The predicted octanol–water partition coefficient (Wildman–Crippen LogP) is 3.74. The lowest BCUT2D eigenvalue weighted by Gasteiger charge is -2.31. The number of nitrogens with one attached hydrogen (secondary N) is 3. The second kappa shape index (κ2) is 7.80. The third kappa shape index (κ3) is 3.95. The molecule has 2 aromatic carbocycles. The number of benzene rings is 2. The van der Waals surface area contributed by atoms with Crippen molar-refractivity contribution in [2.24, 2.45) is 0 Å². The molecule has 0 radical (unpaired) electrons. The number of rotatable bonds is 4. The van der Waals surface area contributed by atoms with Gasteiger partial charge in [0.15, 0.2) is 5.11 Å². The van der Waals surface area contributed by atoms with Crippen LogP contribution < -0.4 is 20.7 Å². The lowest BCUT2D eigenvalue weighted by molar-refractivity contribution is -0.113. The Labute approximate surface area is 164 Å². The molecule has 5 nitrogen and oxygen atoms in total. The molecule has 1 aliphatic heterocycles. The molecule has 0 saturated heterocycles. The Kier molecular flexibility index (Phi) is 5.46. The van der Waals surface area contributed by atoms with Gasteiger partial charge in [-0.3, -0.25) is 4.79 Å². The molecule has 0 bridgehead atoms. The Morgan fingerprint density at radius 2 is 1.89 bits per heavy atom. The van der Waals surface area contributed by atoms with Crippen LogP contribution in [0.3, 0.4) is 0 Å². The molecule has 1 heterocycles. The van der Waals surface area contributed by atoms with E-state index >= 15 is 0 Å². The van der Waals surface area contributed by atoms with Gasteiger partial charge >= 0.3 is 0 Å². The van der Waals surface area contributed by atoms with E-state index in [4.69, 9.17) is 17.0 Å². The first-order chi connectivity index (χ1) is 12.9. The number of hydrogen-bond donors (Lipinski definition) is 3. The Morgan fingerprint density at radius 3 is 2.63 bits per heavy atom. The summed E-state index contributed by atoms with van der Waals surface area (Å²) < 4.78 is 5.34. The van der Waals surface area contributed by atoms with E-state index in [2.05, 4.69) is 34.1 Å². The summed E-state index contributed by atoms with van der Waals surface area (Å²) in [5, 5.41) is 9.79. The van der Waals surface area contributed by atoms with Crippen LogP contribution in [-0.4, -0.2) is 18.1 Å². The zero-order valence-corrected chi connectivity index (χ0v) is 16.7. The van der Waals surface area contributed by atoms with Gasteiger partial charge in [-0.15, -0.1) is 0 Å². The minimum Gasteiger partial charge on any atom is -0.495 e. The van der Waals surface area contributed by atoms with E-state index in [9.17, 15) is 4.79 Å². The van der Waals surface area contributed by atoms with Crippen LogP contribution in [0.1, 0.15) is 29.7 Å². The molecule has 0 unspecified atom stereocenters. The Balaban J connectivity index is 2.01. The minimum absolute atomic E-state index is 0.203. The van der Waals surface area contributed by atoms with Gasteiger partial charge in [-0.2, -0.15) is 0 Å². The minimum atomic E-state index is -0.326. The highest BCUT2D eigenvalue weighted by Gasteiger charge is 2.31. The normalized spacial score (nSPS) is 16.4. The fraction of sp³-hybridized carbons (Fsp3) is 0.238. The van der Waals surface area contributed by atoms with Crippen LogP contribution in [0.25, 0.3) is 0 Å². The van der Waals surface area contributed by atoms with Gasteiger partial charge < -0.3 is 20.7 Å². The second-order valence-corrected chi connectivity index (χ2v) is 6.99. The van der Waals surface area contributed by atoms with Crippen molar-refractivity contribution < 1.29 is 9.53 Å². The van der Waals surface area contributed by atoms with Crippen LogP contribution in [0.4, 0.5) is 5.69 Å². The summed E-state index contributed by atoms with van der Waals surface area (Å²) in [4.78, 5) is 13.2. The molecule has 3 N–H and O–H groups in total. The van der Waals surface area contributed by atoms with E-state index in [0.717, 1.165) is 22.4 Å². The molecule has 6 heteroatoms. The van der Waals surface area contributed by atoms with Gasteiger partial charge in [-0.25, -0.2) is 0 Å². The van der Waals surface area contributed by atoms with E-state index in [1.807, 2.05) is 45.0 Å². The van der Waals surface area contributed by atoms with Crippen LogP contribution in [0.2, 0.25) is 0 Å². The van der Waals surface area contributed by atoms with Gasteiger partial charge in [0, 0.05) is 5.70 Å². The largest absolute Gasteiger partial charge is 0.495 e. The van der Waals surface area contributed by atoms with Crippen molar-refractivity contribution in [2.75, 3.05) is 12.4 Å². The summed E-state index contributed by atoms with van der Waals surface area (Å²) in [7, 11) is 1.58. The van der Waals surface area contributed by atoms with Crippen molar-refractivity contribution in [3.05, 3.63) is 70.4 Å².